The van der Waals surface area contributed by atoms with E-state index in [9.17, 15) is 0 Å². The van der Waals surface area contributed by atoms with Crippen LogP contribution < -0.4 is 0 Å². The molecule has 1 heteroatoms. The van der Waals surface area contributed by atoms with Gasteiger partial charge in [0.05, 0.1) is 11.4 Å². The first-order valence-electron chi connectivity index (χ1n) is 8.63. The monoisotopic (exact) mass is 293 g/mol. The van der Waals surface area contributed by atoms with E-state index in [0.29, 0.717) is 0 Å². The van der Waals surface area contributed by atoms with Gasteiger partial charge in [0.1, 0.15) is 0 Å². The van der Waals surface area contributed by atoms with Gasteiger partial charge in [0.15, 0.2) is 0 Å². The fourth-order valence-corrected chi connectivity index (χ4v) is 3.15. The molecule has 3 rings (SSSR count). The van der Waals surface area contributed by atoms with Gasteiger partial charge < -0.3 is 0 Å². The maximum absolute atomic E-state index is 5.01. The Morgan fingerprint density at radius 3 is 2.36 bits per heavy atom. The summed E-state index contributed by atoms with van der Waals surface area (Å²) in [6, 6.07) is 4.60. The van der Waals surface area contributed by atoms with Gasteiger partial charge >= 0.3 is 0 Å². The molecule has 2 aliphatic rings. The van der Waals surface area contributed by atoms with Gasteiger partial charge in [0.25, 0.3) is 0 Å². The van der Waals surface area contributed by atoms with E-state index in [-0.39, 0.29) is 5.41 Å². The summed E-state index contributed by atoms with van der Waals surface area (Å²) in [7, 11) is 0. The fourth-order valence-electron chi connectivity index (χ4n) is 3.15. The molecular formula is C21H27N. The summed E-state index contributed by atoms with van der Waals surface area (Å²) >= 11 is 0. The van der Waals surface area contributed by atoms with Gasteiger partial charge in [-0.1, -0.05) is 45.1 Å². The van der Waals surface area contributed by atoms with E-state index in [0.717, 1.165) is 18.5 Å². The van der Waals surface area contributed by atoms with E-state index >= 15 is 0 Å². The van der Waals surface area contributed by atoms with Crippen LogP contribution in [0.3, 0.4) is 0 Å². The summed E-state index contributed by atoms with van der Waals surface area (Å²) in [5.41, 5.74) is 6.61. The van der Waals surface area contributed by atoms with Gasteiger partial charge in [0.2, 0.25) is 0 Å². The van der Waals surface area contributed by atoms with Gasteiger partial charge in [-0.3, -0.25) is 0 Å². The van der Waals surface area contributed by atoms with Gasteiger partial charge in [-0.05, 0) is 72.8 Å². The van der Waals surface area contributed by atoms with Gasteiger partial charge in [0, 0.05) is 0 Å². The van der Waals surface area contributed by atoms with Crippen molar-refractivity contribution in [3.63, 3.8) is 0 Å². The Balaban J connectivity index is 2.08. The molecule has 22 heavy (non-hydrogen) atoms. The minimum atomic E-state index is 0.153. The van der Waals surface area contributed by atoms with Crippen LogP contribution >= 0.6 is 0 Å². The number of hydrogen-bond donors (Lipinski definition) is 0. The second kappa shape index (κ2) is 6.24. The van der Waals surface area contributed by atoms with Crippen molar-refractivity contribution in [3.05, 3.63) is 53.4 Å². The van der Waals surface area contributed by atoms with Crippen LogP contribution in [-0.2, 0) is 5.41 Å². The summed E-state index contributed by atoms with van der Waals surface area (Å²) < 4.78 is 0. The molecule has 1 heterocycles. The van der Waals surface area contributed by atoms with Crippen LogP contribution in [-0.4, -0.2) is 4.98 Å². The lowest BCUT2D eigenvalue weighted by molar-refractivity contribution is 0.588. The molecule has 0 bridgehead atoms. The summed E-state index contributed by atoms with van der Waals surface area (Å²) in [6.07, 6.45) is 16.5. The highest BCUT2D eigenvalue weighted by Crippen LogP contribution is 2.32. The Morgan fingerprint density at radius 2 is 1.73 bits per heavy atom. The quantitative estimate of drug-likeness (QED) is 0.645. The minimum Gasteiger partial charge on any atom is -0.248 e. The third-order valence-electron chi connectivity index (χ3n) is 4.60. The molecule has 0 fully saturated rings. The average Bonchev–Trinajstić information content (AvgIpc) is 2.55. The molecule has 0 unspecified atom stereocenters. The van der Waals surface area contributed by atoms with Crippen molar-refractivity contribution in [3.8, 4) is 0 Å². The highest BCUT2D eigenvalue weighted by molar-refractivity contribution is 5.75. The third kappa shape index (κ3) is 3.40. The van der Waals surface area contributed by atoms with Gasteiger partial charge in [-0.2, -0.15) is 0 Å². The maximum Gasteiger partial charge on any atom is 0.0709 e. The van der Waals surface area contributed by atoms with Crippen molar-refractivity contribution >= 4 is 11.1 Å². The first kappa shape index (κ1) is 15.3. The summed E-state index contributed by atoms with van der Waals surface area (Å²) in [5.74, 6) is 0. The van der Waals surface area contributed by atoms with E-state index in [1.807, 2.05) is 0 Å². The standard InChI is InChI=1S/C21H27N/c1-21(2,3)18-14-19(16-10-6-4-7-11-16)22-20(15-18)17-12-8-5-9-13-17/h6,10-12,14-15H,4-5,7-9,13H2,1-3H3. The molecule has 0 N–H and O–H groups in total. The first-order valence-corrected chi connectivity index (χ1v) is 8.63. The number of allylic oxidation sites excluding steroid dienone is 6. The van der Waals surface area contributed by atoms with E-state index in [1.165, 1.54) is 48.1 Å². The molecule has 0 amide bonds. The second-order valence-corrected chi connectivity index (χ2v) is 7.49. The number of aromatic nitrogens is 1. The third-order valence-corrected chi connectivity index (χ3v) is 4.60. The summed E-state index contributed by atoms with van der Waals surface area (Å²) in [5, 5.41) is 0. The Kier molecular flexibility index (Phi) is 4.33. The lowest BCUT2D eigenvalue weighted by Gasteiger charge is -2.23. The van der Waals surface area contributed by atoms with Crippen LogP contribution in [0.1, 0.15) is 76.2 Å². The van der Waals surface area contributed by atoms with Crippen LogP contribution in [0.15, 0.2) is 36.4 Å². The molecule has 1 nitrogen and oxygen atoms in total. The zero-order valence-corrected chi connectivity index (χ0v) is 14.2. The Hall–Kier alpha value is -1.63. The smallest absolute Gasteiger partial charge is 0.0709 e. The van der Waals surface area contributed by atoms with Crippen molar-refractivity contribution in [1.82, 2.24) is 4.98 Å². The molecule has 0 aromatic carbocycles. The molecule has 1 aromatic heterocycles. The van der Waals surface area contributed by atoms with Crippen molar-refractivity contribution < 1.29 is 0 Å². The molecule has 0 aliphatic heterocycles. The molecule has 2 aliphatic carbocycles. The molecule has 0 atom stereocenters. The minimum absolute atomic E-state index is 0.153. The lowest BCUT2D eigenvalue weighted by atomic mass is 9.84. The van der Waals surface area contributed by atoms with Crippen LogP contribution in [0.25, 0.3) is 11.1 Å². The summed E-state index contributed by atoms with van der Waals surface area (Å²) in [4.78, 5) is 5.01. The Bertz CT molecular complexity index is 638. The molecule has 0 radical (unpaired) electrons. The van der Waals surface area contributed by atoms with E-state index in [4.69, 9.17) is 4.98 Å². The maximum atomic E-state index is 5.01. The van der Waals surface area contributed by atoms with Crippen molar-refractivity contribution in [2.24, 2.45) is 0 Å². The zero-order chi connectivity index (χ0) is 15.6. The molecular weight excluding hydrogens is 266 g/mol. The highest BCUT2D eigenvalue weighted by atomic mass is 14.7. The average molecular weight is 293 g/mol. The van der Waals surface area contributed by atoms with Crippen LogP contribution in [0.2, 0.25) is 0 Å². The first-order chi connectivity index (χ1) is 10.5. The van der Waals surface area contributed by atoms with Crippen molar-refractivity contribution in [2.75, 3.05) is 0 Å². The SMILES string of the molecule is CC(C)(C)c1cc(C2=CCCC=C2)nc(C2=CCCCC2)c1. The van der Waals surface area contributed by atoms with Crippen molar-refractivity contribution in [2.45, 2.75) is 64.7 Å². The van der Waals surface area contributed by atoms with E-state index in [2.05, 4.69) is 57.2 Å². The molecule has 116 valence electrons. The zero-order valence-electron chi connectivity index (χ0n) is 14.2. The predicted molar refractivity (Wildman–Crippen MR) is 95.7 cm³/mol. The highest BCUT2D eigenvalue weighted by Gasteiger charge is 2.19. The van der Waals surface area contributed by atoms with E-state index < -0.39 is 0 Å². The Labute approximate surface area is 134 Å². The van der Waals surface area contributed by atoms with Gasteiger partial charge in [-0.15, -0.1) is 0 Å². The topological polar surface area (TPSA) is 12.9 Å². The number of pyridine rings is 1. The molecule has 0 saturated heterocycles. The fraction of sp³-hybridized carbons (Fsp3) is 0.476. The number of nitrogens with zero attached hydrogens (tertiary/aromatic N) is 1. The van der Waals surface area contributed by atoms with Crippen molar-refractivity contribution in [1.29, 1.82) is 0 Å². The van der Waals surface area contributed by atoms with Crippen LogP contribution in [0, 0.1) is 0 Å². The van der Waals surface area contributed by atoms with Crippen LogP contribution in [0.5, 0.6) is 0 Å². The normalized spacial score (nSPS) is 18.9. The predicted octanol–water partition coefficient (Wildman–Crippen LogP) is 6.07. The second-order valence-electron chi connectivity index (χ2n) is 7.49. The van der Waals surface area contributed by atoms with Crippen LogP contribution in [0.4, 0.5) is 0 Å². The lowest BCUT2D eigenvalue weighted by Crippen LogP contribution is -2.13. The molecule has 1 aromatic rings. The largest absolute Gasteiger partial charge is 0.248 e. The number of rotatable bonds is 2. The van der Waals surface area contributed by atoms with E-state index in [1.54, 1.807) is 0 Å². The molecule has 0 saturated carbocycles. The molecule has 0 spiro atoms. The Morgan fingerprint density at radius 1 is 0.909 bits per heavy atom. The van der Waals surface area contributed by atoms with Gasteiger partial charge in [-0.25, -0.2) is 4.98 Å². The summed E-state index contributed by atoms with van der Waals surface area (Å²) in [6.45, 7) is 6.86. The number of hydrogen-bond acceptors (Lipinski definition) is 1.